The van der Waals surface area contributed by atoms with E-state index >= 15 is 0 Å². The SMILES string of the molecule is Cc1nc(CNCC(O)COc2ccc(Cl)c(C)c2)no1. The number of aliphatic hydroxyl groups is 1. The molecule has 0 fully saturated rings. The summed E-state index contributed by atoms with van der Waals surface area (Å²) in [4.78, 5) is 4.05. The molecule has 1 aromatic heterocycles. The third-order valence-corrected chi connectivity index (χ3v) is 3.23. The average Bonchev–Trinajstić information content (AvgIpc) is 2.86. The van der Waals surface area contributed by atoms with Crippen LogP contribution in [0.4, 0.5) is 0 Å². The van der Waals surface area contributed by atoms with Crippen LogP contribution in [-0.2, 0) is 6.54 Å². The maximum atomic E-state index is 9.84. The average molecular weight is 312 g/mol. The molecular formula is C14H18ClN3O3. The van der Waals surface area contributed by atoms with Crippen LogP contribution < -0.4 is 10.1 Å². The highest BCUT2D eigenvalue weighted by molar-refractivity contribution is 6.31. The zero-order valence-electron chi connectivity index (χ0n) is 12.0. The van der Waals surface area contributed by atoms with Gasteiger partial charge in [0, 0.05) is 18.5 Å². The second-order valence-electron chi connectivity index (χ2n) is 4.74. The predicted octanol–water partition coefficient (Wildman–Crippen LogP) is 1.87. The van der Waals surface area contributed by atoms with Crippen molar-refractivity contribution >= 4 is 11.6 Å². The lowest BCUT2D eigenvalue weighted by Crippen LogP contribution is -2.31. The number of aliphatic hydroxyl groups excluding tert-OH is 1. The molecule has 0 saturated carbocycles. The fraction of sp³-hybridized carbons (Fsp3) is 0.429. The number of hydrogen-bond acceptors (Lipinski definition) is 6. The molecule has 0 aliphatic rings. The number of ether oxygens (including phenoxy) is 1. The highest BCUT2D eigenvalue weighted by Gasteiger charge is 2.07. The van der Waals surface area contributed by atoms with Crippen molar-refractivity contribution in [2.75, 3.05) is 13.2 Å². The maximum absolute atomic E-state index is 9.84. The van der Waals surface area contributed by atoms with Gasteiger partial charge in [-0.05, 0) is 30.7 Å². The van der Waals surface area contributed by atoms with Crippen molar-refractivity contribution in [3.8, 4) is 5.75 Å². The molecule has 0 spiro atoms. The van der Waals surface area contributed by atoms with E-state index < -0.39 is 6.10 Å². The first kappa shape index (κ1) is 15.8. The fourth-order valence-corrected chi connectivity index (χ4v) is 1.84. The minimum atomic E-state index is -0.631. The molecule has 0 amide bonds. The summed E-state index contributed by atoms with van der Waals surface area (Å²) in [6.07, 6.45) is -0.631. The van der Waals surface area contributed by atoms with Gasteiger partial charge in [0.1, 0.15) is 18.5 Å². The van der Waals surface area contributed by atoms with E-state index in [1.165, 1.54) is 0 Å². The van der Waals surface area contributed by atoms with Crippen LogP contribution >= 0.6 is 11.6 Å². The largest absolute Gasteiger partial charge is 0.491 e. The Kier molecular flexibility index (Phi) is 5.55. The quantitative estimate of drug-likeness (QED) is 0.812. The molecule has 21 heavy (non-hydrogen) atoms. The van der Waals surface area contributed by atoms with E-state index in [9.17, 15) is 5.11 Å². The van der Waals surface area contributed by atoms with Crippen LogP contribution in [0.25, 0.3) is 0 Å². The molecule has 1 atom stereocenters. The van der Waals surface area contributed by atoms with Crippen molar-refractivity contribution < 1.29 is 14.4 Å². The number of nitrogens with zero attached hydrogens (tertiary/aromatic N) is 2. The minimum absolute atomic E-state index is 0.194. The predicted molar refractivity (Wildman–Crippen MR) is 78.4 cm³/mol. The summed E-state index contributed by atoms with van der Waals surface area (Å²) in [5.41, 5.74) is 0.939. The lowest BCUT2D eigenvalue weighted by Gasteiger charge is -2.13. The highest BCUT2D eigenvalue weighted by Crippen LogP contribution is 2.21. The summed E-state index contributed by atoms with van der Waals surface area (Å²) in [5, 5.41) is 17.3. The fourth-order valence-electron chi connectivity index (χ4n) is 1.72. The van der Waals surface area contributed by atoms with Crippen LogP contribution in [0.2, 0.25) is 5.02 Å². The van der Waals surface area contributed by atoms with Gasteiger partial charge >= 0.3 is 0 Å². The molecule has 2 N–H and O–H groups in total. The van der Waals surface area contributed by atoms with Crippen molar-refractivity contribution in [3.63, 3.8) is 0 Å². The minimum Gasteiger partial charge on any atom is -0.491 e. The van der Waals surface area contributed by atoms with Gasteiger partial charge in [0.25, 0.3) is 0 Å². The molecule has 0 aliphatic heterocycles. The van der Waals surface area contributed by atoms with Gasteiger partial charge in [0.2, 0.25) is 5.89 Å². The summed E-state index contributed by atoms with van der Waals surface area (Å²) in [6, 6.07) is 5.39. The third kappa shape index (κ3) is 5.00. The number of nitrogens with one attached hydrogen (secondary N) is 1. The second-order valence-corrected chi connectivity index (χ2v) is 5.14. The molecular weight excluding hydrogens is 294 g/mol. The van der Waals surface area contributed by atoms with Crippen molar-refractivity contribution in [1.82, 2.24) is 15.5 Å². The van der Waals surface area contributed by atoms with Crippen LogP contribution in [0.5, 0.6) is 5.75 Å². The molecule has 114 valence electrons. The molecule has 0 radical (unpaired) electrons. The van der Waals surface area contributed by atoms with Gasteiger partial charge in [-0.25, -0.2) is 0 Å². The van der Waals surface area contributed by atoms with Crippen LogP contribution in [0.3, 0.4) is 0 Å². The number of hydrogen-bond donors (Lipinski definition) is 2. The standard InChI is InChI=1S/C14H18ClN3O3/c1-9-5-12(3-4-13(9)15)20-8-11(19)6-16-7-14-17-10(2)21-18-14/h3-5,11,16,19H,6-8H2,1-2H3. The van der Waals surface area contributed by atoms with Gasteiger partial charge < -0.3 is 19.7 Å². The first-order chi connectivity index (χ1) is 10.0. The van der Waals surface area contributed by atoms with Crippen molar-refractivity contribution in [2.45, 2.75) is 26.5 Å². The molecule has 2 rings (SSSR count). The molecule has 0 saturated heterocycles. The normalized spacial score (nSPS) is 12.4. The zero-order valence-corrected chi connectivity index (χ0v) is 12.7. The third-order valence-electron chi connectivity index (χ3n) is 2.80. The van der Waals surface area contributed by atoms with E-state index in [0.29, 0.717) is 35.6 Å². The number of benzene rings is 1. The van der Waals surface area contributed by atoms with Crippen LogP contribution in [0.1, 0.15) is 17.3 Å². The summed E-state index contributed by atoms with van der Waals surface area (Å²) in [7, 11) is 0. The maximum Gasteiger partial charge on any atom is 0.223 e. The Hall–Kier alpha value is -1.63. The molecule has 0 bridgehead atoms. The van der Waals surface area contributed by atoms with Gasteiger partial charge in [-0.3, -0.25) is 0 Å². The molecule has 1 heterocycles. The Balaban J connectivity index is 1.69. The molecule has 1 aromatic carbocycles. The summed E-state index contributed by atoms with van der Waals surface area (Å²) < 4.78 is 10.4. The zero-order chi connectivity index (χ0) is 15.2. The lowest BCUT2D eigenvalue weighted by atomic mass is 10.2. The van der Waals surface area contributed by atoms with Gasteiger partial charge in [-0.15, -0.1) is 0 Å². The number of halogens is 1. The number of rotatable bonds is 7. The molecule has 1 unspecified atom stereocenters. The Bertz CT molecular complexity index is 589. The molecule has 0 aliphatic carbocycles. The van der Waals surface area contributed by atoms with Gasteiger partial charge in [-0.1, -0.05) is 16.8 Å². The van der Waals surface area contributed by atoms with Gasteiger partial charge in [0.15, 0.2) is 5.82 Å². The van der Waals surface area contributed by atoms with Crippen LogP contribution in [0, 0.1) is 13.8 Å². The van der Waals surface area contributed by atoms with Crippen molar-refractivity contribution in [1.29, 1.82) is 0 Å². The van der Waals surface area contributed by atoms with E-state index in [2.05, 4.69) is 15.5 Å². The summed E-state index contributed by atoms with van der Waals surface area (Å²) >= 11 is 5.94. The number of aromatic nitrogens is 2. The Morgan fingerprint density at radius 3 is 2.90 bits per heavy atom. The first-order valence-electron chi connectivity index (χ1n) is 6.61. The molecule has 6 nitrogen and oxygen atoms in total. The van der Waals surface area contributed by atoms with E-state index in [-0.39, 0.29) is 6.61 Å². The van der Waals surface area contributed by atoms with E-state index in [4.69, 9.17) is 20.9 Å². The Labute approximate surface area is 128 Å². The van der Waals surface area contributed by atoms with Crippen molar-refractivity contribution in [2.24, 2.45) is 0 Å². The summed E-state index contributed by atoms with van der Waals surface area (Å²) in [5.74, 6) is 1.77. The van der Waals surface area contributed by atoms with Gasteiger partial charge in [-0.2, -0.15) is 4.98 Å². The second kappa shape index (κ2) is 7.40. The first-order valence-corrected chi connectivity index (χ1v) is 6.99. The van der Waals surface area contributed by atoms with Crippen LogP contribution in [-0.4, -0.2) is 34.5 Å². The summed E-state index contributed by atoms with van der Waals surface area (Å²) in [6.45, 7) is 4.64. The van der Waals surface area contributed by atoms with E-state index in [1.807, 2.05) is 13.0 Å². The van der Waals surface area contributed by atoms with Gasteiger partial charge in [0.05, 0.1) is 6.54 Å². The number of aryl methyl sites for hydroxylation is 2. The molecule has 2 aromatic rings. The molecule has 7 heteroatoms. The lowest BCUT2D eigenvalue weighted by molar-refractivity contribution is 0.106. The van der Waals surface area contributed by atoms with Crippen molar-refractivity contribution in [3.05, 3.63) is 40.5 Å². The topological polar surface area (TPSA) is 80.4 Å². The monoisotopic (exact) mass is 311 g/mol. The smallest absolute Gasteiger partial charge is 0.223 e. The van der Waals surface area contributed by atoms with E-state index in [1.54, 1.807) is 19.1 Å². The Morgan fingerprint density at radius 2 is 2.24 bits per heavy atom. The highest BCUT2D eigenvalue weighted by atomic mass is 35.5. The van der Waals surface area contributed by atoms with Crippen LogP contribution in [0.15, 0.2) is 22.7 Å². The van der Waals surface area contributed by atoms with E-state index in [0.717, 1.165) is 5.56 Å². The Morgan fingerprint density at radius 1 is 1.43 bits per heavy atom.